The lowest BCUT2D eigenvalue weighted by Gasteiger charge is -2.35. The van der Waals surface area contributed by atoms with Gasteiger partial charge < -0.3 is 4.90 Å². The van der Waals surface area contributed by atoms with E-state index in [0.29, 0.717) is 0 Å². The number of rotatable bonds is 4. The van der Waals surface area contributed by atoms with Crippen LogP contribution in [0.15, 0.2) is 47.3 Å². The lowest BCUT2D eigenvalue weighted by Crippen LogP contribution is -2.47. The van der Waals surface area contributed by atoms with Crippen LogP contribution < -0.4 is 4.90 Å². The topological polar surface area (TPSA) is 32.3 Å². The van der Waals surface area contributed by atoms with Gasteiger partial charge in [0.05, 0.1) is 0 Å². The molecule has 0 saturated carbocycles. The SMILES string of the molecule is Brc1ccc(N2CCN(CCc3ccncc3)CC2)nc1. The van der Waals surface area contributed by atoms with Crippen LogP contribution in [0.1, 0.15) is 5.56 Å². The lowest BCUT2D eigenvalue weighted by atomic mass is 10.2. The minimum absolute atomic E-state index is 1.03. The molecule has 0 aliphatic carbocycles. The smallest absolute Gasteiger partial charge is 0.128 e. The van der Waals surface area contributed by atoms with Gasteiger partial charge in [-0.1, -0.05) is 0 Å². The Kier molecular flexibility index (Phi) is 4.83. The van der Waals surface area contributed by atoms with Crippen molar-refractivity contribution in [1.29, 1.82) is 0 Å². The summed E-state index contributed by atoms with van der Waals surface area (Å²) in [5, 5.41) is 0. The molecule has 0 spiro atoms. The fourth-order valence-corrected chi connectivity index (χ4v) is 2.83. The average Bonchev–Trinajstić information content (AvgIpc) is 2.55. The van der Waals surface area contributed by atoms with Gasteiger partial charge in [-0.25, -0.2) is 4.98 Å². The summed E-state index contributed by atoms with van der Waals surface area (Å²) in [5.74, 6) is 1.08. The summed E-state index contributed by atoms with van der Waals surface area (Å²) in [6, 6.07) is 8.33. The van der Waals surface area contributed by atoms with Crippen LogP contribution >= 0.6 is 15.9 Å². The summed E-state index contributed by atoms with van der Waals surface area (Å²) < 4.78 is 1.03. The fourth-order valence-electron chi connectivity index (χ4n) is 2.59. The zero-order chi connectivity index (χ0) is 14.5. The van der Waals surface area contributed by atoms with Gasteiger partial charge in [-0.15, -0.1) is 0 Å². The van der Waals surface area contributed by atoms with Gasteiger partial charge in [-0.2, -0.15) is 0 Å². The third-order valence-electron chi connectivity index (χ3n) is 3.87. The van der Waals surface area contributed by atoms with Crippen molar-refractivity contribution in [2.45, 2.75) is 6.42 Å². The Bertz CT molecular complexity index is 550. The van der Waals surface area contributed by atoms with E-state index in [4.69, 9.17) is 0 Å². The molecule has 0 bridgehead atoms. The van der Waals surface area contributed by atoms with Gasteiger partial charge in [0.2, 0.25) is 0 Å². The van der Waals surface area contributed by atoms with Gasteiger partial charge in [-0.05, 0) is 52.2 Å². The molecule has 5 heteroatoms. The van der Waals surface area contributed by atoms with E-state index in [-0.39, 0.29) is 0 Å². The maximum atomic E-state index is 4.47. The van der Waals surface area contributed by atoms with Crippen molar-refractivity contribution in [2.75, 3.05) is 37.6 Å². The first-order valence-electron chi connectivity index (χ1n) is 7.29. The number of pyridine rings is 2. The average molecular weight is 347 g/mol. The molecular weight excluding hydrogens is 328 g/mol. The highest BCUT2D eigenvalue weighted by atomic mass is 79.9. The normalized spacial score (nSPS) is 16.1. The van der Waals surface area contributed by atoms with Crippen molar-refractivity contribution in [2.24, 2.45) is 0 Å². The Hall–Kier alpha value is -1.46. The van der Waals surface area contributed by atoms with E-state index in [2.05, 4.69) is 60.0 Å². The minimum Gasteiger partial charge on any atom is -0.354 e. The quantitative estimate of drug-likeness (QED) is 0.851. The molecule has 0 amide bonds. The van der Waals surface area contributed by atoms with Crippen LogP contribution in [0.3, 0.4) is 0 Å². The van der Waals surface area contributed by atoms with Crippen molar-refractivity contribution < 1.29 is 0 Å². The molecule has 1 aliphatic heterocycles. The maximum Gasteiger partial charge on any atom is 0.128 e. The number of piperazine rings is 1. The molecule has 1 saturated heterocycles. The van der Waals surface area contributed by atoms with Gasteiger partial charge >= 0.3 is 0 Å². The Morgan fingerprint density at radius 2 is 1.76 bits per heavy atom. The molecule has 21 heavy (non-hydrogen) atoms. The van der Waals surface area contributed by atoms with E-state index < -0.39 is 0 Å². The van der Waals surface area contributed by atoms with Crippen molar-refractivity contribution >= 4 is 21.7 Å². The summed E-state index contributed by atoms with van der Waals surface area (Å²) in [5.41, 5.74) is 1.36. The van der Waals surface area contributed by atoms with Crippen LogP contribution in [0.25, 0.3) is 0 Å². The molecule has 3 rings (SSSR count). The molecule has 1 fully saturated rings. The Balaban J connectivity index is 1.48. The number of nitrogens with zero attached hydrogens (tertiary/aromatic N) is 4. The summed E-state index contributed by atoms with van der Waals surface area (Å²) in [7, 11) is 0. The van der Waals surface area contributed by atoms with Crippen LogP contribution in [0.5, 0.6) is 0 Å². The predicted molar refractivity (Wildman–Crippen MR) is 88.5 cm³/mol. The largest absolute Gasteiger partial charge is 0.354 e. The van der Waals surface area contributed by atoms with E-state index in [1.807, 2.05) is 18.6 Å². The van der Waals surface area contributed by atoms with Gasteiger partial charge in [0, 0.05) is 55.8 Å². The van der Waals surface area contributed by atoms with Crippen LogP contribution in [0, 0.1) is 0 Å². The number of anilines is 1. The monoisotopic (exact) mass is 346 g/mol. The van der Waals surface area contributed by atoms with Gasteiger partial charge in [0.25, 0.3) is 0 Å². The fraction of sp³-hybridized carbons (Fsp3) is 0.375. The third kappa shape index (κ3) is 4.02. The number of hydrogen-bond donors (Lipinski definition) is 0. The molecule has 0 aromatic carbocycles. The van der Waals surface area contributed by atoms with E-state index in [1.165, 1.54) is 5.56 Å². The molecule has 0 unspecified atom stereocenters. The van der Waals surface area contributed by atoms with Crippen molar-refractivity contribution in [3.05, 3.63) is 52.9 Å². The van der Waals surface area contributed by atoms with Crippen LogP contribution in [0.4, 0.5) is 5.82 Å². The lowest BCUT2D eigenvalue weighted by molar-refractivity contribution is 0.260. The molecule has 2 aromatic heterocycles. The van der Waals surface area contributed by atoms with E-state index >= 15 is 0 Å². The molecule has 2 aromatic rings. The van der Waals surface area contributed by atoms with Crippen molar-refractivity contribution in [3.63, 3.8) is 0 Å². The molecule has 3 heterocycles. The van der Waals surface area contributed by atoms with E-state index in [0.717, 1.165) is 49.4 Å². The van der Waals surface area contributed by atoms with Crippen LogP contribution in [-0.2, 0) is 6.42 Å². The highest BCUT2D eigenvalue weighted by Gasteiger charge is 2.17. The van der Waals surface area contributed by atoms with Crippen molar-refractivity contribution in [3.8, 4) is 0 Å². The second-order valence-corrected chi connectivity index (χ2v) is 6.18. The highest BCUT2D eigenvalue weighted by Crippen LogP contribution is 2.16. The molecule has 0 atom stereocenters. The number of halogens is 1. The third-order valence-corrected chi connectivity index (χ3v) is 4.34. The highest BCUT2D eigenvalue weighted by molar-refractivity contribution is 9.10. The first-order valence-corrected chi connectivity index (χ1v) is 8.08. The standard InChI is InChI=1S/C16H19BrN4/c17-15-1-2-16(19-13-15)21-11-9-20(10-12-21)8-5-14-3-6-18-7-4-14/h1-4,6-7,13H,5,8-12H2. The summed E-state index contributed by atoms with van der Waals surface area (Å²) in [6.45, 7) is 5.41. The van der Waals surface area contributed by atoms with Gasteiger partial charge in [0.1, 0.15) is 5.82 Å². The van der Waals surface area contributed by atoms with Gasteiger partial charge in [0.15, 0.2) is 0 Å². The second kappa shape index (κ2) is 7.00. The van der Waals surface area contributed by atoms with E-state index in [9.17, 15) is 0 Å². The summed E-state index contributed by atoms with van der Waals surface area (Å²) in [6.07, 6.45) is 6.70. The zero-order valence-corrected chi connectivity index (χ0v) is 13.5. The van der Waals surface area contributed by atoms with Crippen LogP contribution in [-0.4, -0.2) is 47.6 Å². The Labute approximate surface area is 133 Å². The first kappa shape index (κ1) is 14.5. The number of aromatic nitrogens is 2. The first-order chi connectivity index (χ1) is 10.3. The molecule has 0 N–H and O–H groups in total. The predicted octanol–water partition coefficient (Wildman–Crippen LogP) is 2.60. The summed E-state index contributed by atoms with van der Waals surface area (Å²) >= 11 is 3.43. The Morgan fingerprint density at radius 3 is 2.43 bits per heavy atom. The molecular formula is C16H19BrN4. The maximum absolute atomic E-state index is 4.47. The second-order valence-electron chi connectivity index (χ2n) is 5.27. The van der Waals surface area contributed by atoms with E-state index in [1.54, 1.807) is 0 Å². The molecule has 110 valence electrons. The summed E-state index contributed by atoms with van der Waals surface area (Å²) in [4.78, 5) is 13.4. The van der Waals surface area contributed by atoms with Crippen molar-refractivity contribution in [1.82, 2.24) is 14.9 Å². The minimum atomic E-state index is 1.03. The number of hydrogen-bond acceptors (Lipinski definition) is 4. The van der Waals surface area contributed by atoms with Crippen LogP contribution in [0.2, 0.25) is 0 Å². The molecule has 0 radical (unpaired) electrons. The molecule has 1 aliphatic rings. The zero-order valence-electron chi connectivity index (χ0n) is 12.0. The van der Waals surface area contributed by atoms with Gasteiger partial charge in [-0.3, -0.25) is 9.88 Å². The Morgan fingerprint density at radius 1 is 1.00 bits per heavy atom. The molecule has 4 nitrogen and oxygen atoms in total.